The smallest absolute Gasteiger partial charge is 0.270 e. The van der Waals surface area contributed by atoms with Crippen LogP contribution in [0.1, 0.15) is 5.56 Å². The number of methoxy groups -OCH3 is 1. The van der Waals surface area contributed by atoms with Crippen LogP contribution in [0.25, 0.3) is 10.9 Å². The molecule has 0 atom stereocenters. The van der Waals surface area contributed by atoms with Crippen molar-refractivity contribution in [1.29, 1.82) is 0 Å². The topological polar surface area (TPSA) is 89.7 Å². The standard InChI is InChI=1S/C17H14N4O3/c1-24-14-5-6-16-15(10-14)17(7-8-18-16)20-19-11-12-3-2-4-13(9-12)21(22)23/h2-11H,1H3,(H,18,20)/b19-11+. The van der Waals surface area contributed by atoms with Crippen LogP contribution in [-0.2, 0) is 0 Å². The fourth-order valence-corrected chi connectivity index (χ4v) is 2.24. The Morgan fingerprint density at radius 3 is 2.92 bits per heavy atom. The highest BCUT2D eigenvalue weighted by Gasteiger charge is 2.05. The largest absolute Gasteiger partial charge is 0.497 e. The molecule has 7 nitrogen and oxygen atoms in total. The minimum absolute atomic E-state index is 0.0260. The lowest BCUT2D eigenvalue weighted by Gasteiger charge is -2.07. The second-order valence-corrected chi connectivity index (χ2v) is 4.96. The summed E-state index contributed by atoms with van der Waals surface area (Å²) >= 11 is 0. The number of nitrogens with zero attached hydrogens (tertiary/aromatic N) is 3. The summed E-state index contributed by atoms with van der Waals surface area (Å²) in [6.07, 6.45) is 3.21. The van der Waals surface area contributed by atoms with Crippen LogP contribution < -0.4 is 10.2 Å². The molecule has 3 aromatic rings. The first-order valence-electron chi connectivity index (χ1n) is 7.13. The Morgan fingerprint density at radius 1 is 1.25 bits per heavy atom. The van der Waals surface area contributed by atoms with Crippen LogP contribution >= 0.6 is 0 Å². The highest BCUT2D eigenvalue weighted by atomic mass is 16.6. The first-order chi connectivity index (χ1) is 11.7. The van der Waals surface area contributed by atoms with Gasteiger partial charge in [0.25, 0.3) is 5.69 Å². The van der Waals surface area contributed by atoms with Gasteiger partial charge in [-0.25, -0.2) is 0 Å². The van der Waals surface area contributed by atoms with Gasteiger partial charge in [0.15, 0.2) is 0 Å². The molecule has 7 heteroatoms. The molecule has 3 rings (SSSR count). The molecule has 0 saturated heterocycles. The van der Waals surface area contributed by atoms with Crippen LogP contribution in [0.15, 0.2) is 59.8 Å². The van der Waals surface area contributed by atoms with Gasteiger partial charge < -0.3 is 4.74 Å². The molecule has 0 saturated carbocycles. The van der Waals surface area contributed by atoms with Gasteiger partial charge in [-0.15, -0.1) is 0 Å². The number of fused-ring (bicyclic) bond motifs is 1. The maximum atomic E-state index is 10.8. The number of benzene rings is 2. The molecule has 0 amide bonds. The van der Waals surface area contributed by atoms with E-state index in [4.69, 9.17) is 4.74 Å². The van der Waals surface area contributed by atoms with E-state index < -0.39 is 4.92 Å². The molecule has 0 bridgehead atoms. The van der Waals surface area contributed by atoms with Gasteiger partial charge in [0.05, 0.1) is 29.5 Å². The number of rotatable bonds is 5. The number of non-ortho nitro benzene ring substituents is 1. The highest BCUT2D eigenvalue weighted by Crippen LogP contribution is 2.25. The Labute approximate surface area is 137 Å². The zero-order valence-corrected chi connectivity index (χ0v) is 12.8. The number of hydrogen-bond acceptors (Lipinski definition) is 6. The highest BCUT2D eigenvalue weighted by molar-refractivity contribution is 5.92. The molecule has 1 heterocycles. The quantitative estimate of drug-likeness (QED) is 0.440. The van der Waals surface area contributed by atoms with Gasteiger partial charge >= 0.3 is 0 Å². The summed E-state index contributed by atoms with van der Waals surface area (Å²) in [5.74, 6) is 0.723. The van der Waals surface area contributed by atoms with Crippen molar-refractivity contribution in [2.45, 2.75) is 0 Å². The van der Waals surface area contributed by atoms with Gasteiger partial charge in [0, 0.05) is 29.3 Å². The third-order valence-corrected chi connectivity index (χ3v) is 3.43. The van der Waals surface area contributed by atoms with Gasteiger partial charge in [-0.3, -0.25) is 20.5 Å². The predicted octanol–water partition coefficient (Wildman–Crippen LogP) is 3.60. The molecule has 0 spiro atoms. The average Bonchev–Trinajstić information content (AvgIpc) is 2.61. The summed E-state index contributed by atoms with van der Waals surface area (Å²) in [7, 11) is 1.60. The molecule has 0 aliphatic carbocycles. The number of ether oxygens (including phenoxy) is 1. The summed E-state index contributed by atoms with van der Waals surface area (Å²) in [6.45, 7) is 0. The molecule has 0 radical (unpaired) electrons. The summed E-state index contributed by atoms with van der Waals surface area (Å²) in [4.78, 5) is 14.6. The number of anilines is 1. The van der Waals surface area contributed by atoms with Gasteiger partial charge in [-0.05, 0) is 24.3 Å². The molecule has 1 N–H and O–H groups in total. The Balaban J connectivity index is 1.85. The van der Waals surface area contributed by atoms with Gasteiger partial charge in [-0.1, -0.05) is 12.1 Å². The first-order valence-corrected chi connectivity index (χ1v) is 7.13. The molecule has 2 aromatic carbocycles. The SMILES string of the molecule is COc1ccc2nccc(N/N=C/c3cccc([N+](=O)[O-])c3)c2c1. The van der Waals surface area contributed by atoms with Crippen molar-refractivity contribution < 1.29 is 9.66 Å². The van der Waals surface area contributed by atoms with Crippen molar-refractivity contribution >= 4 is 28.5 Å². The van der Waals surface area contributed by atoms with Crippen molar-refractivity contribution in [3.8, 4) is 5.75 Å². The Hall–Kier alpha value is -3.48. The van der Waals surface area contributed by atoms with Gasteiger partial charge in [0.2, 0.25) is 0 Å². The van der Waals surface area contributed by atoms with Crippen LogP contribution in [0.5, 0.6) is 5.75 Å². The molecule has 0 fully saturated rings. The van der Waals surface area contributed by atoms with Crippen molar-refractivity contribution in [2.24, 2.45) is 5.10 Å². The van der Waals surface area contributed by atoms with E-state index in [0.29, 0.717) is 5.56 Å². The zero-order chi connectivity index (χ0) is 16.9. The van der Waals surface area contributed by atoms with Crippen LogP contribution in [0, 0.1) is 10.1 Å². The van der Waals surface area contributed by atoms with Gasteiger partial charge in [-0.2, -0.15) is 5.10 Å². The third kappa shape index (κ3) is 3.30. The predicted molar refractivity (Wildman–Crippen MR) is 92.6 cm³/mol. The van der Waals surface area contributed by atoms with E-state index in [0.717, 1.165) is 22.3 Å². The minimum atomic E-state index is -0.437. The van der Waals surface area contributed by atoms with E-state index in [1.54, 1.807) is 31.5 Å². The summed E-state index contributed by atoms with van der Waals surface area (Å²) < 4.78 is 5.23. The van der Waals surface area contributed by atoms with Crippen molar-refractivity contribution in [3.63, 3.8) is 0 Å². The summed E-state index contributed by atoms with van der Waals surface area (Å²) in [6, 6.07) is 13.6. The summed E-state index contributed by atoms with van der Waals surface area (Å²) in [5.41, 5.74) is 5.17. The molecule has 0 aliphatic heterocycles. The zero-order valence-electron chi connectivity index (χ0n) is 12.8. The molecular formula is C17H14N4O3. The fraction of sp³-hybridized carbons (Fsp3) is 0.0588. The lowest BCUT2D eigenvalue weighted by Crippen LogP contribution is -1.94. The van der Waals surface area contributed by atoms with E-state index >= 15 is 0 Å². The van der Waals surface area contributed by atoms with E-state index in [9.17, 15) is 10.1 Å². The number of aromatic nitrogens is 1. The lowest BCUT2D eigenvalue weighted by molar-refractivity contribution is -0.384. The monoisotopic (exact) mass is 322 g/mol. The molecule has 1 aromatic heterocycles. The van der Waals surface area contributed by atoms with E-state index in [1.165, 1.54) is 18.3 Å². The van der Waals surface area contributed by atoms with E-state index in [-0.39, 0.29) is 5.69 Å². The van der Waals surface area contributed by atoms with Crippen molar-refractivity contribution in [2.75, 3.05) is 12.5 Å². The second kappa shape index (κ2) is 6.74. The van der Waals surface area contributed by atoms with E-state index in [1.807, 2.05) is 18.2 Å². The lowest BCUT2D eigenvalue weighted by atomic mass is 10.2. The molecular weight excluding hydrogens is 308 g/mol. The van der Waals surface area contributed by atoms with Crippen molar-refractivity contribution in [3.05, 3.63) is 70.4 Å². The minimum Gasteiger partial charge on any atom is -0.497 e. The molecule has 0 unspecified atom stereocenters. The molecule has 24 heavy (non-hydrogen) atoms. The first kappa shape index (κ1) is 15.4. The second-order valence-electron chi connectivity index (χ2n) is 4.96. The number of pyridine rings is 1. The number of hydrogen-bond donors (Lipinski definition) is 1. The maximum Gasteiger partial charge on any atom is 0.270 e. The summed E-state index contributed by atoms with van der Waals surface area (Å²) in [5, 5.41) is 15.8. The number of hydrazone groups is 1. The fourth-order valence-electron chi connectivity index (χ4n) is 2.24. The molecule has 0 aliphatic rings. The number of nitro benzene ring substituents is 1. The van der Waals surface area contributed by atoms with Crippen LogP contribution in [0.3, 0.4) is 0 Å². The number of nitrogens with one attached hydrogen (secondary N) is 1. The Bertz CT molecular complexity index is 925. The molecule has 120 valence electrons. The Kier molecular flexibility index (Phi) is 4.33. The van der Waals surface area contributed by atoms with Gasteiger partial charge in [0.1, 0.15) is 5.75 Å². The van der Waals surface area contributed by atoms with E-state index in [2.05, 4.69) is 15.5 Å². The maximum absolute atomic E-state index is 10.8. The Morgan fingerprint density at radius 2 is 2.12 bits per heavy atom. The van der Waals surface area contributed by atoms with Crippen LogP contribution in [-0.4, -0.2) is 23.2 Å². The number of nitro groups is 1. The van der Waals surface area contributed by atoms with Crippen LogP contribution in [0.2, 0.25) is 0 Å². The normalized spacial score (nSPS) is 10.9. The average molecular weight is 322 g/mol. The third-order valence-electron chi connectivity index (χ3n) is 3.43. The van der Waals surface area contributed by atoms with Crippen molar-refractivity contribution in [1.82, 2.24) is 4.98 Å². The van der Waals surface area contributed by atoms with Crippen LogP contribution in [0.4, 0.5) is 11.4 Å².